The van der Waals surface area contributed by atoms with E-state index in [1.807, 2.05) is 36.9 Å². The largest absolute Gasteiger partial charge is 0.295 e. The molecule has 208 valence electrons. The van der Waals surface area contributed by atoms with E-state index in [0.717, 1.165) is 38.6 Å². The summed E-state index contributed by atoms with van der Waals surface area (Å²) in [6.07, 6.45) is 14.0. The van der Waals surface area contributed by atoms with Gasteiger partial charge in [0, 0.05) is 29.5 Å². The molecule has 5 aliphatic rings. The molecule has 0 spiro atoms. The van der Waals surface area contributed by atoms with Gasteiger partial charge in [-0.3, -0.25) is 14.3 Å². The molecule has 0 bridgehead atoms. The molecule has 0 N–H and O–H groups in total. The Morgan fingerprint density at radius 2 is 1.79 bits per heavy atom. The molecular weight excluding hydrogens is 484 g/mol. The van der Waals surface area contributed by atoms with Crippen molar-refractivity contribution >= 4 is 11.6 Å². The minimum Gasteiger partial charge on any atom is -0.295 e. The smallest absolute Gasteiger partial charge is 0.178 e. The van der Waals surface area contributed by atoms with E-state index in [9.17, 15) is 14.9 Å². The number of nitriles is 1. The molecule has 0 aromatic carbocycles. The topological polar surface area (TPSA) is 88.6 Å². The van der Waals surface area contributed by atoms with Gasteiger partial charge in [-0.05, 0) is 84.5 Å². The average Bonchev–Trinajstić information content (AvgIpc) is 3.39. The van der Waals surface area contributed by atoms with E-state index in [4.69, 9.17) is 0 Å². The lowest BCUT2D eigenvalue weighted by Gasteiger charge is -2.69. The van der Waals surface area contributed by atoms with Crippen molar-refractivity contribution in [2.24, 2.45) is 56.7 Å². The second-order valence-corrected chi connectivity index (χ2v) is 15.1. The molecule has 5 aliphatic carbocycles. The van der Waals surface area contributed by atoms with Crippen LogP contribution in [0.5, 0.6) is 0 Å². The predicted molar refractivity (Wildman–Crippen MR) is 149 cm³/mol. The molecule has 6 rings (SSSR count). The van der Waals surface area contributed by atoms with Crippen LogP contribution in [0.25, 0.3) is 0 Å². The van der Waals surface area contributed by atoms with Crippen LogP contribution < -0.4 is 0 Å². The highest BCUT2D eigenvalue weighted by atomic mass is 16.1. The van der Waals surface area contributed by atoms with Crippen LogP contribution in [0.4, 0.5) is 0 Å². The molecule has 1 heterocycles. The molecule has 1 aromatic rings. The van der Waals surface area contributed by atoms with Crippen molar-refractivity contribution in [3.8, 4) is 6.07 Å². The Bertz CT molecular complexity index is 1330. The van der Waals surface area contributed by atoms with Crippen molar-refractivity contribution in [3.05, 3.63) is 35.7 Å². The molecule has 3 fully saturated rings. The number of hydrogen-bond donors (Lipinski definition) is 0. The van der Waals surface area contributed by atoms with Gasteiger partial charge in [-0.15, -0.1) is 5.10 Å². The number of ketones is 2. The minimum atomic E-state index is -0.635. The van der Waals surface area contributed by atoms with Gasteiger partial charge >= 0.3 is 0 Å². The lowest BCUT2D eigenvalue weighted by atomic mass is 9.34. The quantitative estimate of drug-likeness (QED) is 0.446. The SMILES string of the molecule is C[C@@H]1[C@H]2[C@H]3C(=O)C=C4[C@@]5(C)C=C(C#N)C(=O)C(C)(C)[C@@H]5CC[C@@]4(C)[C@]3(C)CC[C@@]2(Cn2ccnn2)CC[C@H]1C. The molecule has 0 saturated heterocycles. The summed E-state index contributed by atoms with van der Waals surface area (Å²) in [5, 5.41) is 18.4. The van der Waals surface area contributed by atoms with Crippen LogP contribution in [0.1, 0.15) is 87.0 Å². The van der Waals surface area contributed by atoms with E-state index in [2.05, 4.69) is 51.0 Å². The number of hydrogen-bond acceptors (Lipinski definition) is 5. The molecule has 1 aromatic heterocycles. The summed E-state index contributed by atoms with van der Waals surface area (Å²) in [4.78, 5) is 27.9. The summed E-state index contributed by atoms with van der Waals surface area (Å²) in [6.45, 7) is 16.6. The lowest BCUT2D eigenvalue weighted by molar-refractivity contribution is -0.180. The third kappa shape index (κ3) is 3.25. The van der Waals surface area contributed by atoms with Crippen LogP contribution >= 0.6 is 0 Å². The van der Waals surface area contributed by atoms with Crippen LogP contribution in [-0.4, -0.2) is 26.6 Å². The molecule has 9 atom stereocenters. The number of allylic oxidation sites excluding steroid dienone is 4. The third-order valence-corrected chi connectivity index (χ3v) is 13.4. The number of carbonyl (C=O) groups excluding carboxylic acids is 2. The summed E-state index contributed by atoms with van der Waals surface area (Å²) in [7, 11) is 0. The highest BCUT2D eigenvalue weighted by Gasteiger charge is 2.70. The Morgan fingerprint density at radius 1 is 1.05 bits per heavy atom. The number of nitrogens with zero attached hydrogens (tertiary/aromatic N) is 4. The van der Waals surface area contributed by atoms with Crippen molar-refractivity contribution in [2.45, 2.75) is 93.5 Å². The van der Waals surface area contributed by atoms with Gasteiger partial charge in [0.05, 0.1) is 11.8 Å². The van der Waals surface area contributed by atoms with Crippen LogP contribution in [0.2, 0.25) is 0 Å². The van der Waals surface area contributed by atoms with Gasteiger partial charge in [0.15, 0.2) is 11.6 Å². The second-order valence-electron chi connectivity index (χ2n) is 15.1. The van der Waals surface area contributed by atoms with E-state index in [1.54, 1.807) is 6.20 Å². The summed E-state index contributed by atoms with van der Waals surface area (Å²) >= 11 is 0. The zero-order chi connectivity index (χ0) is 28.2. The fraction of sp³-hybridized carbons (Fsp3) is 0.727. The first-order valence-corrected chi connectivity index (χ1v) is 15.0. The van der Waals surface area contributed by atoms with E-state index in [1.165, 1.54) is 12.0 Å². The Morgan fingerprint density at radius 3 is 2.46 bits per heavy atom. The first kappa shape index (κ1) is 26.7. The molecule has 0 radical (unpaired) electrons. The van der Waals surface area contributed by atoms with Crippen LogP contribution in [0, 0.1) is 68.0 Å². The van der Waals surface area contributed by atoms with Gasteiger partial charge < -0.3 is 0 Å². The van der Waals surface area contributed by atoms with Crippen LogP contribution in [-0.2, 0) is 16.1 Å². The number of aromatic nitrogens is 3. The van der Waals surface area contributed by atoms with E-state index < -0.39 is 10.8 Å². The van der Waals surface area contributed by atoms with Gasteiger partial charge in [-0.2, -0.15) is 5.26 Å². The molecule has 6 nitrogen and oxygen atoms in total. The number of carbonyl (C=O) groups is 2. The van der Waals surface area contributed by atoms with Gasteiger partial charge in [-0.25, -0.2) is 0 Å². The maximum absolute atomic E-state index is 14.6. The molecule has 0 aliphatic heterocycles. The molecule has 0 unspecified atom stereocenters. The summed E-state index contributed by atoms with van der Waals surface area (Å²) < 4.78 is 2.00. The van der Waals surface area contributed by atoms with Crippen LogP contribution in [0.15, 0.2) is 35.7 Å². The summed E-state index contributed by atoms with van der Waals surface area (Å²) in [5.41, 5.74) is -0.0162. The molecular formula is C33H44N4O2. The third-order valence-electron chi connectivity index (χ3n) is 13.4. The Hall–Kier alpha value is -2.55. The maximum atomic E-state index is 14.6. The number of Topliss-reactive ketones (excluding diaryl/α,β-unsaturated/α-hetero) is 1. The summed E-state index contributed by atoms with van der Waals surface area (Å²) in [5.74, 6) is 1.55. The van der Waals surface area contributed by atoms with Crippen molar-refractivity contribution in [1.82, 2.24) is 15.0 Å². The van der Waals surface area contributed by atoms with Gasteiger partial charge in [0.25, 0.3) is 0 Å². The normalized spacial score (nSPS) is 46.6. The van der Waals surface area contributed by atoms with Gasteiger partial charge in [0.2, 0.25) is 0 Å². The fourth-order valence-electron chi connectivity index (χ4n) is 10.9. The molecule has 3 saturated carbocycles. The monoisotopic (exact) mass is 528 g/mol. The summed E-state index contributed by atoms with van der Waals surface area (Å²) in [6, 6.07) is 2.21. The Balaban J connectivity index is 1.52. The highest BCUT2D eigenvalue weighted by molar-refractivity contribution is 6.04. The first-order valence-electron chi connectivity index (χ1n) is 15.0. The van der Waals surface area contributed by atoms with Crippen molar-refractivity contribution in [2.75, 3.05) is 0 Å². The standard InChI is InChI=1S/C33H44N4O2/c1-20-8-11-33(19-37-15-14-35-36-37)13-12-32(7)27(26(33)21(20)2)23(38)16-25-30(5)17-22(18-34)28(39)29(3,4)24(30)9-10-31(25,32)6/h14-17,20-21,24,26-27H,8-13,19H2,1-7H3/t20-,21+,24+,26+,27-,30+,31-,32-,33-/m1/s1. The fourth-order valence-corrected chi connectivity index (χ4v) is 10.9. The highest BCUT2D eigenvalue weighted by Crippen LogP contribution is 2.74. The van der Waals surface area contributed by atoms with E-state index in [-0.39, 0.29) is 51.1 Å². The number of fused-ring (bicyclic) bond motifs is 7. The van der Waals surface area contributed by atoms with Crippen molar-refractivity contribution < 1.29 is 9.59 Å². The first-order chi connectivity index (χ1) is 18.2. The Kier molecular flexibility index (Phi) is 5.63. The van der Waals surface area contributed by atoms with Gasteiger partial charge in [0.1, 0.15) is 6.07 Å². The molecule has 0 amide bonds. The van der Waals surface area contributed by atoms with Gasteiger partial charge in [-0.1, -0.05) is 65.3 Å². The zero-order valence-electron chi connectivity index (χ0n) is 24.8. The van der Waals surface area contributed by atoms with E-state index in [0.29, 0.717) is 11.8 Å². The molecule has 6 heteroatoms. The average molecular weight is 529 g/mol. The predicted octanol–water partition coefficient (Wildman–Crippen LogP) is 6.35. The zero-order valence-corrected chi connectivity index (χ0v) is 24.8. The lowest BCUT2D eigenvalue weighted by Crippen LogP contribution is -2.66. The van der Waals surface area contributed by atoms with Crippen LogP contribution in [0.3, 0.4) is 0 Å². The minimum absolute atomic E-state index is 0.0371. The van der Waals surface area contributed by atoms with E-state index >= 15 is 0 Å². The van der Waals surface area contributed by atoms with Crippen molar-refractivity contribution in [1.29, 1.82) is 5.26 Å². The maximum Gasteiger partial charge on any atom is 0.178 e. The molecule has 39 heavy (non-hydrogen) atoms. The second kappa shape index (κ2) is 8.24. The number of rotatable bonds is 2. The van der Waals surface area contributed by atoms with Crippen molar-refractivity contribution in [3.63, 3.8) is 0 Å². The Labute approximate surface area is 233 Å².